The average molecular weight is 412 g/mol. The highest BCUT2D eigenvalue weighted by atomic mass is 32.1. The van der Waals surface area contributed by atoms with Gasteiger partial charge in [-0.15, -0.1) is 11.3 Å². The molecule has 1 aliphatic heterocycles. The van der Waals surface area contributed by atoms with Crippen LogP contribution in [-0.2, 0) is 0 Å². The minimum Gasteiger partial charge on any atom is -0.477 e. The molecule has 0 spiro atoms. The lowest BCUT2D eigenvalue weighted by molar-refractivity contribution is 0.0703. The zero-order valence-electron chi connectivity index (χ0n) is 15.2. The molecule has 1 aliphatic rings. The first-order valence-corrected chi connectivity index (χ1v) is 9.80. The number of carboxylic acid groups (broad SMARTS) is 1. The van der Waals surface area contributed by atoms with Crippen LogP contribution < -0.4 is 10.6 Å². The topological polar surface area (TPSA) is 123 Å². The summed E-state index contributed by atoms with van der Waals surface area (Å²) in [4.78, 5) is 18.6. The van der Waals surface area contributed by atoms with Crippen LogP contribution in [0.2, 0.25) is 0 Å². The van der Waals surface area contributed by atoms with E-state index in [0.29, 0.717) is 53.1 Å². The molecular formula is C20H17FN4O3S. The van der Waals surface area contributed by atoms with E-state index in [0.717, 1.165) is 11.3 Å². The minimum absolute atomic E-state index is 0.0194. The molecule has 0 saturated carbocycles. The fraction of sp³-hybridized carbons (Fsp3) is 0.250. The number of thiophene rings is 1. The van der Waals surface area contributed by atoms with Crippen molar-refractivity contribution in [2.45, 2.75) is 18.9 Å². The van der Waals surface area contributed by atoms with Crippen LogP contribution in [0.5, 0.6) is 0 Å². The Bertz CT molecular complexity index is 1160. The number of pyridine rings is 1. The van der Waals surface area contributed by atoms with Gasteiger partial charge in [0.2, 0.25) is 0 Å². The summed E-state index contributed by atoms with van der Waals surface area (Å²) in [5, 5.41) is 28.7. The van der Waals surface area contributed by atoms with Gasteiger partial charge in [-0.05, 0) is 42.2 Å². The molecule has 3 aromatic rings. The van der Waals surface area contributed by atoms with Gasteiger partial charge in [0, 0.05) is 18.5 Å². The summed E-state index contributed by atoms with van der Waals surface area (Å²) in [7, 11) is 0. The number of anilines is 2. The molecule has 2 aromatic heterocycles. The van der Waals surface area contributed by atoms with Gasteiger partial charge in [0.25, 0.3) is 0 Å². The van der Waals surface area contributed by atoms with Gasteiger partial charge in [0.15, 0.2) is 0 Å². The van der Waals surface area contributed by atoms with Gasteiger partial charge in [0.1, 0.15) is 27.4 Å². The molecular weight excluding hydrogens is 395 g/mol. The number of aliphatic hydroxyl groups excluding tert-OH is 1. The lowest BCUT2D eigenvalue weighted by Crippen LogP contribution is -2.36. The maximum Gasteiger partial charge on any atom is 0.348 e. The molecule has 7 nitrogen and oxygen atoms in total. The Balaban J connectivity index is 1.93. The maximum atomic E-state index is 14.3. The molecule has 0 radical (unpaired) electrons. The Morgan fingerprint density at radius 2 is 2.07 bits per heavy atom. The van der Waals surface area contributed by atoms with E-state index in [2.05, 4.69) is 4.98 Å². The smallest absolute Gasteiger partial charge is 0.348 e. The summed E-state index contributed by atoms with van der Waals surface area (Å²) in [6.45, 7) is 1.21. The Hall–Kier alpha value is -3.22. The first kappa shape index (κ1) is 19.1. The van der Waals surface area contributed by atoms with Crippen molar-refractivity contribution in [3.63, 3.8) is 0 Å². The van der Waals surface area contributed by atoms with Gasteiger partial charge in [-0.2, -0.15) is 5.26 Å². The van der Waals surface area contributed by atoms with E-state index in [4.69, 9.17) is 11.0 Å². The molecule has 0 bridgehead atoms. The number of carbonyl (C=O) groups is 1. The number of hydrogen-bond acceptors (Lipinski definition) is 7. The lowest BCUT2D eigenvalue weighted by atomic mass is 10.00. The Labute approximate surface area is 169 Å². The number of halogens is 1. The van der Waals surface area contributed by atoms with Crippen LogP contribution in [0, 0.1) is 17.1 Å². The molecule has 148 valence electrons. The van der Waals surface area contributed by atoms with Crippen LogP contribution in [-0.4, -0.2) is 40.4 Å². The van der Waals surface area contributed by atoms with Gasteiger partial charge < -0.3 is 20.8 Å². The largest absolute Gasteiger partial charge is 0.477 e. The quantitative estimate of drug-likeness (QED) is 0.603. The summed E-state index contributed by atoms with van der Waals surface area (Å²) in [5.41, 5.74) is 7.17. The zero-order valence-corrected chi connectivity index (χ0v) is 16.0. The molecule has 3 heterocycles. The fourth-order valence-corrected chi connectivity index (χ4v) is 4.48. The first-order valence-electron chi connectivity index (χ1n) is 8.98. The van der Waals surface area contributed by atoms with E-state index >= 15 is 0 Å². The predicted octanol–water partition coefficient (Wildman–Crippen LogP) is 3.22. The number of nitrogen functional groups attached to an aromatic ring is 1. The minimum atomic E-state index is -1.15. The average Bonchev–Trinajstić information content (AvgIpc) is 3.05. The summed E-state index contributed by atoms with van der Waals surface area (Å²) < 4.78 is 14.3. The van der Waals surface area contributed by atoms with Crippen molar-refractivity contribution in [1.29, 1.82) is 5.26 Å². The van der Waals surface area contributed by atoms with Crippen LogP contribution in [0.15, 0.2) is 24.3 Å². The molecule has 0 unspecified atom stereocenters. The number of nitrogens with zero attached hydrogens (tertiary/aromatic N) is 3. The molecule has 1 aromatic carbocycles. The van der Waals surface area contributed by atoms with Crippen molar-refractivity contribution in [1.82, 2.24) is 4.98 Å². The molecule has 4 N–H and O–H groups in total. The number of aromatic carboxylic acids is 1. The Morgan fingerprint density at radius 1 is 1.34 bits per heavy atom. The Morgan fingerprint density at radius 3 is 2.69 bits per heavy atom. The normalized spacial score (nSPS) is 14.9. The van der Waals surface area contributed by atoms with Crippen LogP contribution >= 0.6 is 11.3 Å². The first-order chi connectivity index (χ1) is 13.9. The van der Waals surface area contributed by atoms with Gasteiger partial charge >= 0.3 is 5.97 Å². The van der Waals surface area contributed by atoms with Crippen LogP contribution in [0.25, 0.3) is 21.3 Å². The molecule has 4 rings (SSSR count). The number of fused-ring (bicyclic) bond motifs is 1. The highest BCUT2D eigenvalue weighted by Gasteiger charge is 2.24. The summed E-state index contributed by atoms with van der Waals surface area (Å²) in [6, 6.07) is 7.79. The van der Waals surface area contributed by atoms with E-state index in [-0.39, 0.29) is 22.2 Å². The third-order valence-corrected chi connectivity index (χ3v) is 6.16. The van der Waals surface area contributed by atoms with Crippen molar-refractivity contribution in [3.8, 4) is 17.2 Å². The highest BCUT2D eigenvalue weighted by molar-refractivity contribution is 7.21. The molecule has 1 fully saturated rings. The van der Waals surface area contributed by atoms with E-state index in [1.54, 1.807) is 18.2 Å². The number of carboxylic acids is 1. The van der Waals surface area contributed by atoms with Gasteiger partial charge in [-0.1, -0.05) is 6.07 Å². The second-order valence-electron chi connectivity index (χ2n) is 6.88. The molecule has 0 aliphatic carbocycles. The SMILES string of the molecule is N#Cc1ccc(-c2cc(N3CCC(O)CC3)nc3sc(C(=O)O)c(N)c23)cc1F. The van der Waals surface area contributed by atoms with E-state index in [1.807, 2.05) is 4.90 Å². The molecule has 9 heteroatoms. The van der Waals surface area contributed by atoms with Crippen molar-refractivity contribution < 1.29 is 19.4 Å². The molecule has 29 heavy (non-hydrogen) atoms. The van der Waals surface area contributed by atoms with Crippen molar-refractivity contribution >= 4 is 39.0 Å². The maximum absolute atomic E-state index is 14.3. The number of piperidine rings is 1. The highest BCUT2D eigenvalue weighted by Crippen LogP contribution is 2.41. The van der Waals surface area contributed by atoms with E-state index in [1.165, 1.54) is 12.1 Å². The molecule has 0 atom stereocenters. The third kappa shape index (κ3) is 3.37. The zero-order chi connectivity index (χ0) is 20.7. The van der Waals surface area contributed by atoms with Crippen molar-refractivity contribution in [3.05, 3.63) is 40.5 Å². The van der Waals surface area contributed by atoms with E-state index in [9.17, 15) is 19.4 Å². The lowest BCUT2D eigenvalue weighted by Gasteiger charge is -2.30. The summed E-state index contributed by atoms with van der Waals surface area (Å²) in [5.74, 6) is -1.20. The number of nitrogens with two attached hydrogens (primary N) is 1. The van der Waals surface area contributed by atoms with Gasteiger partial charge in [0.05, 0.1) is 17.4 Å². The number of aliphatic hydroxyl groups is 1. The number of nitriles is 1. The number of hydrogen-bond donors (Lipinski definition) is 3. The van der Waals surface area contributed by atoms with Crippen LogP contribution in [0.1, 0.15) is 28.1 Å². The third-order valence-electron chi connectivity index (χ3n) is 5.07. The Kier molecular flexibility index (Phi) is 4.82. The van der Waals surface area contributed by atoms with Gasteiger partial charge in [-0.25, -0.2) is 14.2 Å². The monoisotopic (exact) mass is 412 g/mol. The number of benzene rings is 1. The van der Waals surface area contributed by atoms with Crippen molar-refractivity contribution in [2.75, 3.05) is 23.7 Å². The number of aromatic nitrogens is 1. The molecule has 0 amide bonds. The second-order valence-corrected chi connectivity index (χ2v) is 7.88. The number of rotatable bonds is 3. The predicted molar refractivity (Wildman–Crippen MR) is 109 cm³/mol. The van der Waals surface area contributed by atoms with E-state index < -0.39 is 11.8 Å². The summed E-state index contributed by atoms with van der Waals surface area (Å²) in [6.07, 6.45) is 0.860. The molecule has 1 saturated heterocycles. The van der Waals surface area contributed by atoms with Crippen LogP contribution in [0.3, 0.4) is 0 Å². The standard InChI is InChI=1S/C20H17FN4O3S/c21-14-7-10(1-2-11(14)9-22)13-8-15(25-5-3-12(26)4-6-25)24-19-16(13)17(23)18(29-19)20(27)28/h1-2,7-8,12,26H,3-6,23H2,(H,27,28). The van der Waals surface area contributed by atoms with Crippen LogP contribution in [0.4, 0.5) is 15.9 Å². The summed E-state index contributed by atoms with van der Waals surface area (Å²) >= 11 is 0.974. The second kappa shape index (κ2) is 7.31. The fourth-order valence-electron chi connectivity index (χ4n) is 3.52. The van der Waals surface area contributed by atoms with Crippen molar-refractivity contribution in [2.24, 2.45) is 0 Å². The van der Waals surface area contributed by atoms with Gasteiger partial charge in [-0.3, -0.25) is 0 Å².